The molecule has 0 heterocycles. The van der Waals surface area contributed by atoms with Crippen LogP contribution in [0.25, 0.3) is 0 Å². The summed E-state index contributed by atoms with van der Waals surface area (Å²) in [4.78, 5) is 39.7. The summed E-state index contributed by atoms with van der Waals surface area (Å²) in [7, 11) is 1.56. The minimum absolute atomic E-state index is 0.00203. The monoisotopic (exact) mass is 809 g/mol. The van der Waals surface area contributed by atoms with E-state index in [9.17, 15) is 14.4 Å². The number of ether oxygens (including phenoxy) is 3. The van der Waals surface area contributed by atoms with Crippen LogP contribution in [0.1, 0.15) is 246 Å². The summed E-state index contributed by atoms with van der Waals surface area (Å²) in [5.74, 6) is -0.118. The van der Waals surface area contributed by atoms with Crippen LogP contribution in [0.4, 0.5) is 0 Å². The number of methoxy groups -OCH3 is 1. The third kappa shape index (κ3) is 39.6. The lowest BCUT2D eigenvalue weighted by Crippen LogP contribution is -2.36. The largest absolute Gasteiger partial charge is 0.466 e. The average molecular weight is 809 g/mol. The SMILES string of the molecule is CCCCCCCCCCCOC(=O)CCCCCN(CCCCCCCC(=O)OC(CCCCCCCC)CCCCCCCC)CCCNC(=O)C(C)OC. The summed E-state index contributed by atoms with van der Waals surface area (Å²) in [5.41, 5.74) is 0. The van der Waals surface area contributed by atoms with Gasteiger partial charge in [-0.15, -0.1) is 0 Å². The molecule has 0 aromatic carbocycles. The first kappa shape index (κ1) is 55.3. The standard InChI is InChI=1S/C49H96N2O6/c1-6-9-12-15-18-19-20-26-34-44-56-47(52)38-31-27-33-42-51(43-35-40-50-49(54)45(4)55-5)41-32-25-21-24-30-39-48(53)57-46(36-28-22-16-13-10-7-2)37-29-23-17-14-11-8-3/h45-46H,6-44H2,1-5H3,(H,50,54). The molecule has 57 heavy (non-hydrogen) atoms. The van der Waals surface area contributed by atoms with Gasteiger partial charge in [0.25, 0.3) is 0 Å². The Labute approximate surface area is 353 Å². The van der Waals surface area contributed by atoms with E-state index >= 15 is 0 Å². The van der Waals surface area contributed by atoms with Gasteiger partial charge >= 0.3 is 11.9 Å². The van der Waals surface area contributed by atoms with Gasteiger partial charge in [-0.3, -0.25) is 14.4 Å². The summed E-state index contributed by atoms with van der Waals surface area (Å²) in [6, 6.07) is 0. The van der Waals surface area contributed by atoms with Crippen LogP contribution in [0.5, 0.6) is 0 Å². The van der Waals surface area contributed by atoms with Crippen molar-refractivity contribution in [2.24, 2.45) is 0 Å². The van der Waals surface area contributed by atoms with Crippen molar-refractivity contribution in [1.29, 1.82) is 0 Å². The van der Waals surface area contributed by atoms with Crippen LogP contribution in [0.2, 0.25) is 0 Å². The van der Waals surface area contributed by atoms with E-state index in [1.54, 1.807) is 14.0 Å². The molecule has 8 nitrogen and oxygen atoms in total. The van der Waals surface area contributed by atoms with Crippen molar-refractivity contribution in [2.45, 2.75) is 258 Å². The lowest BCUT2D eigenvalue weighted by atomic mass is 10.0. The second kappa shape index (κ2) is 43.9. The van der Waals surface area contributed by atoms with E-state index in [4.69, 9.17) is 14.2 Å². The fraction of sp³-hybridized carbons (Fsp3) is 0.939. The van der Waals surface area contributed by atoms with Gasteiger partial charge < -0.3 is 24.4 Å². The van der Waals surface area contributed by atoms with Crippen LogP contribution in [0.15, 0.2) is 0 Å². The Morgan fingerprint density at radius 2 is 0.895 bits per heavy atom. The molecule has 0 spiro atoms. The van der Waals surface area contributed by atoms with E-state index in [2.05, 4.69) is 31.0 Å². The number of carbonyl (C=O) groups excluding carboxylic acids is 3. The highest BCUT2D eigenvalue weighted by molar-refractivity contribution is 5.80. The number of rotatable bonds is 45. The van der Waals surface area contributed by atoms with Crippen LogP contribution in [-0.4, -0.2) is 74.8 Å². The molecule has 338 valence electrons. The zero-order chi connectivity index (χ0) is 41.9. The normalized spacial score (nSPS) is 12.1. The summed E-state index contributed by atoms with van der Waals surface area (Å²) in [5, 5.41) is 2.99. The molecule has 1 N–H and O–H groups in total. The van der Waals surface area contributed by atoms with Crippen LogP contribution in [0.3, 0.4) is 0 Å². The number of nitrogens with one attached hydrogen (secondary N) is 1. The third-order valence-corrected chi connectivity index (χ3v) is 11.5. The van der Waals surface area contributed by atoms with E-state index < -0.39 is 6.10 Å². The molecule has 8 heteroatoms. The van der Waals surface area contributed by atoms with E-state index in [0.717, 1.165) is 103 Å². The predicted molar refractivity (Wildman–Crippen MR) is 241 cm³/mol. The maximum Gasteiger partial charge on any atom is 0.306 e. The van der Waals surface area contributed by atoms with Crippen LogP contribution >= 0.6 is 0 Å². The third-order valence-electron chi connectivity index (χ3n) is 11.5. The summed E-state index contributed by atoms with van der Waals surface area (Å²) in [6.45, 7) is 12.7. The van der Waals surface area contributed by atoms with Crippen molar-refractivity contribution >= 4 is 17.8 Å². The number of hydrogen-bond donors (Lipinski definition) is 1. The number of carbonyl (C=O) groups is 3. The van der Waals surface area contributed by atoms with E-state index in [-0.39, 0.29) is 23.9 Å². The van der Waals surface area contributed by atoms with Crippen molar-refractivity contribution in [1.82, 2.24) is 10.2 Å². The quantitative estimate of drug-likeness (QED) is 0.0483. The van der Waals surface area contributed by atoms with E-state index in [1.165, 1.54) is 122 Å². The first-order valence-electron chi connectivity index (χ1n) is 24.8. The highest BCUT2D eigenvalue weighted by Gasteiger charge is 2.15. The Morgan fingerprint density at radius 3 is 1.40 bits per heavy atom. The highest BCUT2D eigenvalue weighted by atomic mass is 16.5. The molecule has 0 aromatic rings. The Morgan fingerprint density at radius 1 is 0.491 bits per heavy atom. The fourth-order valence-electron chi connectivity index (χ4n) is 7.50. The summed E-state index contributed by atoms with van der Waals surface area (Å²) in [6.07, 6.45) is 38.6. The predicted octanol–water partition coefficient (Wildman–Crippen LogP) is 13.2. The average Bonchev–Trinajstić information content (AvgIpc) is 3.21. The van der Waals surface area contributed by atoms with Gasteiger partial charge in [-0.25, -0.2) is 0 Å². The highest BCUT2D eigenvalue weighted by Crippen LogP contribution is 2.19. The molecule has 0 aliphatic rings. The smallest absolute Gasteiger partial charge is 0.306 e. The van der Waals surface area contributed by atoms with Gasteiger partial charge in [0.2, 0.25) is 5.91 Å². The number of esters is 2. The minimum atomic E-state index is -0.434. The first-order valence-corrected chi connectivity index (χ1v) is 24.8. The number of nitrogens with zero attached hydrogens (tertiary/aromatic N) is 1. The van der Waals surface area contributed by atoms with Gasteiger partial charge in [0.15, 0.2) is 0 Å². The Kier molecular flexibility index (Phi) is 42.6. The lowest BCUT2D eigenvalue weighted by Gasteiger charge is -2.22. The van der Waals surface area contributed by atoms with Gasteiger partial charge in [0.1, 0.15) is 12.2 Å². The summed E-state index contributed by atoms with van der Waals surface area (Å²) >= 11 is 0. The number of hydrogen-bond acceptors (Lipinski definition) is 7. The molecule has 0 aliphatic carbocycles. The van der Waals surface area contributed by atoms with Crippen molar-refractivity contribution in [3.05, 3.63) is 0 Å². The Bertz CT molecular complexity index is 870. The zero-order valence-corrected chi connectivity index (χ0v) is 38.6. The van der Waals surface area contributed by atoms with E-state index in [1.807, 2.05) is 0 Å². The van der Waals surface area contributed by atoms with Crippen molar-refractivity contribution in [3.8, 4) is 0 Å². The van der Waals surface area contributed by atoms with Crippen LogP contribution < -0.4 is 5.32 Å². The maximum atomic E-state index is 12.8. The second-order valence-corrected chi connectivity index (χ2v) is 17.0. The molecular formula is C49H96N2O6. The Hall–Kier alpha value is -1.67. The minimum Gasteiger partial charge on any atom is -0.466 e. The number of unbranched alkanes of at least 4 members (excludes halogenated alkanes) is 24. The van der Waals surface area contributed by atoms with Crippen LogP contribution in [-0.2, 0) is 28.6 Å². The second-order valence-electron chi connectivity index (χ2n) is 17.0. The molecule has 1 unspecified atom stereocenters. The van der Waals surface area contributed by atoms with E-state index in [0.29, 0.717) is 26.0 Å². The van der Waals surface area contributed by atoms with Gasteiger partial charge in [-0.05, 0) is 90.8 Å². The molecular weight excluding hydrogens is 713 g/mol. The zero-order valence-electron chi connectivity index (χ0n) is 38.6. The molecule has 0 bridgehead atoms. The molecule has 0 rings (SSSR count). The van der Waals surface area contributed by atoms with Gasteiger partial charge in [0, 0.05) is 26.5 Å². The van der Waals surface area contributed by atoms with Crippen molar-refractivity contribution < 1.29 is 28.6 Å². The molecule has 0 fully saturated rings. The molecule has 0 aliphatic heterocycles. The molecule has 0 saturated heterocycles. The van der Waals surface area contributed by atoms with Crippen LogP contribution in [0, 0.1) is 0 Å². The fourth-order valence-corrected chi connectivity index (χ4v) is 7.50. The summed E-state index contributed by atoms with van der Waals surface area (Å²) < 4.78 is 16.7. The van der Waals surface area contributed by atoms with Crippen molar-refractivity contribution in [2.75, 3.05) is 39.9 Å². The van der Waals surface area contributed by atoms with Crippen molar-refractivity contribution in [3.63, 3.8) is 0 Å². The topological polar surface area (TPSA) is 94.2 Å². The molecule has 1 atom stereocenters. The molecule has 1 amide bonds. The van der Waals surface area contributed by atoms with Gasteiger partial charge in [-0.2, -0.15) is 0 Å². The number of amides is 1. The first-order chi connectivity index (χ1) is 27.9. The van der Waals surface area contributed by atoms with Gasteiger partial charge in [-0.1, -0.05) is 162 Å². The molecule has 0 aromatic heterocycles. The van der Waals surface area contributed by atoms with Gasteiger partial charge in [0.05, 0.1) is 6.61 Å². The maximum absolute atomic E-state index is 12.8. The molecule has 0 saturated carbocycles. The molecule has 0 radical (unpaired) electrons. The Balaban J connectivity index is 4.42. The lowest BCUT2D eigenvalue weighted by molar-refractivity contribution is -0.150.